The van der Waals surface area contributed by atoms with Crippen LogP contribution in [0.5, 0.6) is 0 Å². The van der Waals surface area contributed by atoms with Gasteiger partial charge in [0.25, 0.3) is 0 Å². The van der Waals surface area contributed by atoms with E-state index in [0.717, 1.165) is 16.1 Å². The van der Waals surface area contributed by atoms with Crippen LogP contribution in [-0.2, 0) is 0 Å². The second-order valence-electron chi connectivity index (χ2n) is 8.68. The molecule has 0 spiro atoms. The minimum absolute atomic E-state index is 0.737. The summed E-state index contributed by atoms with van der Waals surface area (Å²) in [6.45, 7) is 0. The maximum absolute atomic E-state index is 6.50. The monoisotopic (exact) mass is 466 g/mol. The Kier molecular flexibility index (Phi) is 5.66. The first-order chi connectivity index (χ1) is 17.3. The fourth-order valence-corrected chi connectivity index (χ4v) is 5.15. The molecule has 35 heavy (non-hydrogen) atoms. The molecule has 166 valence electrons. The minimum Gasteiger partial charge on any atom is -0.0843 e. The van der Waals surface area contributed by atoms with Crippen molar-refractivity contribution in [3.8, 4) is 44.5 Å². The average molecular weight is 467 g/mol. The second-order valence-corrected chi connectivity index (χ2v) is 9.12. The highest BCUT2D eigenvalue weighted by molar-refractivity contribution is 6.31. The van der Waals surface area contributed by atoms with Crippen molar-refractivity contribution in [2.75, 3.05) is 0 Å². The summed E-state index contributed by atoms with van der Waals surface area (Å²) in [5.41, 5.74) is 9.56. The van der Waals surface area contributed by atoms with E-state index in [9.17, 15) is 0 Å². The Morgan fingerprint density at radius 1 is 0.371 bits per heavy atom. The van der Waals surface area contributed by atoms with E-state index in [1.54, 1.807) is 0 Å². The molecule has 6 aromatic rings. The van der Waals surface area contributed by atoms with Crippen molar-refractivity contribution in [3.05, 3.63) is 145 Å². The van der Waals surface area contributed by atoms with Gasteiger partial charge < -0.3 is 0 Å². The molecule has 0 N–H and O–H groups in total. The third-order valence-corrected chi connectivity index (χ3v) is 6.78. The maximum Gasteiger partial charge on any atom is 0.0412 e. The Labute approximate surface area is 211 Å². The van der Waals surface area contributed by atoms with Crippen molar-refractivity contribution < 1.29 is 0 Å². The molecule has 0 aliphatic carbocycles. The van der Waals surface area contributed by atoms with Gasteiger partial charge in [-0.25, -0.2) is 0 Å². The Balaban J connectivity index is 1.73. The summed E-state index contributed by atoms with van der Waals surface area (Å²) in [6, 6.07) is 49.2. The lowest BCUT2D eigenvalue weighted by atomic mass is 9.84. The van der Waals surface area contributed by atoms with Crippen molar-refractivity contribution >= 4 is 22.4 Å². The van der Waals surface area contributed by atoms with Crippen LogP contribution in [-0.4, -0.2) is 0 Å². The van der Waals surface area contributed by atoms with E-state index in [-0.39, 0.29) is 0 Å². The molecule has 0 atom stereocenters. The second kappa shape index (κ2) is 9.25. The summed E-state index contributed by atoms with van der Waals surface area (Å²) >= 11 is 6.50. The van der Waals surface area contributed by atoms with E-state index in [1.807, 2.05) is 12.1 Å². The third kappa shape index (κ3) is 4.03. The van der Waals surface area contributed by atoms with Crippen molar-refractivity contribution in [2.45, 2.75) is 0 Å². The molecule has 0 fully saturated rings. The first-order valence-corrected chi connectivity index (χ1v) is 12.2. The largest absolute Gasteiger partial charge is 0.0843 e. The number of hydrogen-bond donors (Lipinski definition) is 0. The van der Waals surface area contributed by atoms with Crippen molar-refractivity contribution in [1.29, 1.82) is 0 Å². The molecule has 1 heteroatoms. The molecule has 0 aromatic heterocycles. The van der Waals surface area contributed by atoms with Crippen LogP contribution in [0.3, 0.4) is 0 Å². The number of fused-ring (bicyclic) bond motifs is 1. The number of halogens is 1. The molecular weight excluding hydrogens is 444 g/mol. The fraction of sp³-hybridized carbons (Fsp3) is 0. The van der Waals surface area contributed by atoms with E-state index in [0.29, 0.717) is 0 Å². The zero-order valence-electron chi connectivity index (χ0n) is 19.2. The van der Waals surface area contributed by atoms with E-state index in [2.05, 4.69) is 127 Å². The highest BCUT2D eigenvalue weighted by atomic mass is 35.5. The van der Waals surface area contributed by atoms with Gasteiger partial charge in [-0.1, -0.05) is 139 Å². The quantitative estimate of drug-likeness (QED) is 0.242. The lowest BCUT2D eigenvalue weighted by molar-refractivity contribution is 1.58. The fourth-order valence-electron chi connectivity index (χ4n) is 4.97. The van der Waals surface area contributed by atoms with Gasteiger partial charge >= 0.3 is 0 Å². The standard InChI is InChI=1S/C34H23Cl/c35-28-20-22-30(32(23-28)25-13-6-2-7-14-25)31-18-10-17-27-19-21-29(24-11-4-1-5-12-24)33(34(27)31)26-15-8-3-9-16-26/h1-23H. The predicted molar refractivity (Wildman–Crippen MR) is 151 cm³/mol. The van der Waals surface area contributed by atoms with Crippen LogP contribution in [0.4, 0.5) is 0 Å². The minimum atomic E-state index is 0.737. The summed E-state index contributed by atoms with van der Waals surface area (Å²) in [5, 5.41) is 3.20. The van der Waals surface area contributed by atoms with Gasteiger partial charge in [0, 0.05) is 5.02 Å². The molecule has 0 nitrogen and oxygen atoms in total. The average Bonchev–Trinajstić information content (AvgIpc) is 2.93. The summed E-state index contributed by atoms with van der Waals surface area (Å²) < 4.78 is 0. The SMILES string of the molecule is Clc1ccc(-c2cccc3ccc(-c4ccccc4)c(-c4ccccc4)c23)c(-c2ccccc2)c1. The van der Waals surface area contributed by atoms with Gasteiger partial charge in [-0.05, 0) is 67.4 Å². The summed E-state index contributed by atoms with van der Waals surface area (Å²) in [7, 11) is 0. The Hall–Kier alpha value is -4.13. The summed E-state index contributed by atoms with van der Waals surface area (Å²) in [6.07, 6.45) is 0. The first kappa shape index (κ1) is 21.4. The smallest absolute Gasteiger partial charge is 0.0412 e. The zero-order valence-corrected chi connectivity index (χ0v) is 19.9. The summed E-state index contributed by atoms with van der Waals surface area (Å²) in [4.78, 5) is 0. The molecule has 0 unspecified atom stereocenters. The van der Waals surface area contributed by atoms with Crippen molar-refractivity contribution in [3.63, 3.8) is 0 Å². The van der Waals surface area contributed by atoms with Crippen molar-refractivity contribution in [2.24, 2.45) is 0 Å². The van der Waals surface area contributed by atoms with E-state index in [4.69, 9.17) is 11.6 Å². The van der Waals surface area contributed by atoms with Crippen LogP contribution in [0.25, 0.3) is 55.3 Å². The van der Waals surface area contributed by atoms with Crippen LogP contribution < -0.4 is 0 Å². The molecule has 0 saturated carbocycles. The Morgan fingerprint density at radius 3 is 1.60 bits per heavy atom. The summed E-state index contributed by atoms with van der Waals surface area (Å²) in [5.74, 6) is 0. The van der Waals surface area contributed by atoms with Crippen LogP contribution in [0.2, 0.25) is 5.02 Å². The Bertz CT molecular complexity index is 1620. The lowest BCUT2D eigenvalue weighted by Gasteiger charge is -2.19. The molecule has 0 radical (unpaired) electrons. The molecule has 0 heterocycles. The van der Waals surface area contributed by atoms with Gasteiger partial charge in [0.2, 0.25) is 0 Å². The molecule has 0 aliphatic heterocycles. The molecule has 0 amide bonds. The number of rotatable bonds is 4. The maximum atomic E-state index is 6.50. The highest BCUT2D eigenvalue weighted by Gasteiger charge is 2.17. The molecule has 0 saturated heterocycles. The third-order valence-electron chi connectivity index (χ3n) is 6.55. The van der Waals surface area contributed by atoms with Gasteiger partial charge in [0.15, 0.2) is 0 Å². The van der Waals surface area contributed by atoms with Gasteiger partial charge in [0.05, 0.1) is 0 Å². The molecule has 0 bridgehead atoms. The van der Waals surface area contributed by atoms with E-state index in [1.165, 1.54) is 44.2 Å². The van der Waals surface area contributed by atoms with E-state index < -0.39 is 0 Å². The molecule has 0 aliphatic rings. The van der Waals surface area contributed by atoms with Gasteiger partial charge in [-0.3, -0.25) is 0 Å². The number of benzene rings is 6. The predicted octanol–water partition coefficient (Wildman–Crippen LogP) is 10.2. The van der Waals surface area contributed by atoms with Gasteiger partial charge in [-0.15, -0.1) is 0 Å². The van der Waals surface area contributed by atoms with Crippen LogP contribution >= 0.6 is 11.6 Å². The zero-order chi connectivity index (χ0) is 23.6. The Morgan fingerprint density at radius 2 is 0.943 bits per heavy atom. The molecule has 6 rings (SSSR count). The van der Waals surface area contributed by atoms with Crippen LogP contribution in [0.1, 0.15) is 0 Å². The highest BCUT2D eigenvalue weighted by Crippen LogP contribution is 2.44. The molecular formula is C34H23Cl. The number of hydrogen-bond acceptors (Lipinski definition) is 0. The van der Waals surface area contributed by atoms with Crippen LogP contribution in [0.15, 0.2) is 140 Å². The van der Waals surface area contributed by atoms with E-state index >= 15 is 0 Å². The first-order valence-electron chi connectivity index (χ1n) is 11.8. The topological polar surface area (TPSA) is 0 Å². The van der Waals surface area contributed by atoms with Gasteiger partial charge in [-0.2, -0.15) is 0 Å². The van der Waals surface area contributed by atoms with Crippen molar-refractivity contribution in [1.82, 2.24) is 0 Å². The lowest BCUT2D eigenvalue weighted by Crippen LogP contribution is -1.92. The normalized spacial score (nSPS) is 11.0. The molecule has 6 aromatic carbocycles. The van der Waals surface area contributed by atoms with Crippen LogP contribution in [0, 0.1) is 0 Å². The van der Waals surface area contributed by atoms with Gasteiger partial charge in [0.1, 0.15) is 0 Å².